The van der Waals surface area contributed by atoms with Gasteiger partial charge in [0.2, 0.25) is 5.91 Å². The Bertz CT molecular complexity index is 854. The number of benzene rings is 1. The molecule has 1 aliphatic heterocycles. The molecule has 1 aromatic carbocycles. The summed E-state index contributed by atoms with van der Waals surface area (Å²) in [6.45, 7) is 5.35. The summed E-state index contributed by atoms with van der Waals surface area (Å²) in [5.74, 6) is -2.11. The van der Waals surface area contributed by atoms with E-state index in [4.69, 9.17) is 10.5 Å². The molecule has 0 spiro atoms. The van der Waals surface area contributed by atoms with Crippen LogP contribution in [-0.2, 0) is 20.7 Å². The minimum Gasteiger partial charge on any atom is -0.444 e. The molecule has 1 aliphatic carbocycles. The van der Waals surface area contributed by atoms with Crippen LogP contribution in [0.1, 0.15) is 52.0 Å². The van der Waals surface area contributed by atoms with E-state index in [1.54, 1.807) is 37.8 Å². The third-order valence-corrected chi connectivity index (χ3v) is 6.34. The quantitative estimate of drug-likeness (QED) is 0.663. The number of hydrogen-bond acceptors (Lipinski definition) is 4. The van der Waals surface area contributed by atoms with Crippen LogP contribution < -0.4 is 5.73 Å². The molecule has 1 saturated heterocycles. The fourth-order valence-electron chi connectivity index (χ4n) is 4.58. The number of amides is 2. The van der Waals surface area contributed by atoms with E-state index in [0.29, 0.717) is 10.0 Å². The highest BCUT2D eigenvalue weighted by Crippen LogP contribution is 2.44. The smallest absolute Gasteiger partial charge is 0.411 e. The zero-order valence-corrected chi connectivity index (χ0v) is 19.1. The van der Waals surface area contributed by atoms with Crippen molar-refractivity contribution in [1.82, 2.24) is 4.90 Å². The predicted molar refractivity (Wildman–Crippen MR) is 113 cm³/mol. The van der Waals surface area contributed by atoms with Gasteiger partial charge in [0.15, 0.2) is 5.78 Å². The first-order chi connectivity index (χ1) is 14.0. The summed E-state index contributed by atoms with van der Waals surface area (Å²) >= 11 is 3.29. The van der Waals surface area contributed by atoms with Crippen LogP contribution in [0.15, 0.2) is 22.7 Å². The maximum absolute atomic E-state index is 14.2. The number of hydrogen-bond donors (Lipinski definition) is 1. The number of fused-ring (bicyclic) bond motifs is 2. The van der Waals surface area contributed by atoms with Crippen LogP contribution in [0.2, 0.25) is 0 Å². The average Bonchev–Trinajstić information content (AvgIpc) is 3.23. The number of carbonyl (C=O) groups is 3. The van der Waals surface area contributed by atoms with Crippen LogP contribution in [0.25, 0.3) is 0 Å². The first-order valence-electron chi connectivity index (χ1n) is 10.2. The number of primary amides is 1. The van der Waals surface area contributed by atoms with Gasteiger partial charge in [0.1, 0.15) is 11.4 Å². The Morgan fingerprint density at radius 3 is 2.63 bits per heavy atom. The fraction of sp³-hybridized carbons (Fsp3) is 0.591. The Hall–Kier alpha value is -1.96. The molecule has 2 aliphatic rings. The molecule has 2 N–H and O–H groups in total. The van der Waals surface area contributed by atoms with Crippen molar-refractivity contribution in [2.24, 2.45) is 17.6 Å². The number of Topliss-reactive ketones (excluding diaryl/α,β-unsaturated/α-hetero) is 1. The second-order valence-corrected chi connectivity index (χ2v) is 10.2. The van der Waals surface area contributed by atoms with Gasteiger partial charge >= 0.3 is 6.09 Å². The van der Waals surface area contributed by atoms with E-state index in [0.717, 1.165) is 19.3 Å². The van der Waals surface area contributed by atoms with Gasteiger partial charge in [0.05, 0.1) is 6.04 Å². The van der Waals surface area contributed by atoms with E-state index in [-0.39, 0.29) is 30.6 Å². The number of nitrogens with zero attached hydrogens (tertiary/aromatic N) is 1. The standard InChI is InChI=1S/C22H28BrFN2O4/c1-22(2,3)30-21(29)26-16-6-4-12(10-16)19(26)18(27)11-14(20(25)28)8-13-9-15(23)5-7-17(13)24/h5,7,9,12,14,16,19H,4,6,8,10-11H2,1-3H3,(H2,25,28)/t12-,14+,16+,19-/m0/s1. The lowest BCUT2D eigenvalue weighted by molar-refractivity contribution is -0.131. The molecule has 0 unspecified atom stereocenters. The number of nitrogens with two attached hydrogens (primary N) is 1. The summed E-state index contributed by atoms with van der Waals surface area (Å²) in [4.78, 5) is 39.6. The summed E-state index contributed by atoms with van der Waals surface area (Å²) < 4.78 is 20.4. The summed E-state index contributed by atoms with van der Waals surface area (Å²) in [6, 6.07) is 3.82. The maximum atomic E-state index is 14.2. The van der Waals surface area contributed by atoms with Crippen molar-refractivity contribution in [1.29, 1.82) is 0 Å². The maximum Gasteiger partial charge on any atom is 0.411 e. The molecular formula is C22H28BrFN2O4. The van der Waals surface area contributed by atoms with Crippen molar-refractivity contribution in [3.63, 3.8) is 0 Å². The Morgan fingerprint density at radius 1 is 1.30 bits per heavy atom. The van der Waals surface area contributed by atoms with Crippen LogP contribution >= 0.6 is 15.9 Å². The van der Waals surface area contributed by atoms with Crippen LogP contribution in [0.5, 0.6) is 0 Å². The minimum absolute atomic E-state index is 0.0200. The normalized spacial score (nSPS) is 24.0. The Morgan fingerprint density at radius 2 is 2.00 bits per heavy atom. The Balaban J connectivity index is 1.76. The number of ketones is 1. The molecule has 1 heterocycles. The fourth-order valence-corrected chi connectivity index (χ4v) is 4.99. The predicted octanol–water partition coefficient (Wildman–Crippen LogP) is 3.98. The van der Waals surface area contributed by atoms with Gasteiger partial charge in [-0.15, -0.1) is 0 Å². The number of halogens is 2. The van der Waals surface area contributed by atoms with Crippen LogP contribution in [-0.4, -0.2) is 40.4 Å². The number of carbonyl (C=O) groups excluding carboxylic acids is 3. The van der Waals surface area contributed by atoms with Crippen molar-refractivity contribution < 1.29 is 23.5 Å². The third-order valence-electron chi connectivity index (χ3n) is 5.84. The Labute approximate surface area is 184 Å². The highest BCUT2D eigenvalue weighted by molar-refractivity contribution is 9.10. The number of ether oxygens (including phenoxy) is 1. The van der Waals surface area contributed by atoms with Crippen molar-refractivity contribution in [3.05, 3.63) is 34.1 Å². The first kappa shape index (κ1) is 22.7. The van der Waals surface area contributed by atoms with Gasteiger partial charge in [-0.25, -0.2) is 9.18 Å². The zero-order valence-electron chi connectivity index (χ0n) is 17.5. The lowest BCUT2D eigenvalue weighted by atomic mass is 9.87. The molecule has 2 amide bonds. The van der Waals surface area contributed by atoms with Gasteiger partial charge in [0, 0.05) is 22.9 Å². The van der Waals surface area contributed by atoms with Gasteiger partial charge < -0.3 is 10.5 Å². The summed E-state index contributed by atoms with van der Waals surface area (Å²) in [6.07, 6.45) is 1.87. The van der Waals surface area contributed by atoms with Crippen molar-refractivity contribution >= 4 is 33.7 Å². The topological polar surface area (TPSA) is 89.7 Å². The highest BCUT2D eigenvalue weighted by atomic mass is 79.9. The lowest BCUT2D eigenvalue weighted by Crippen LogP contribution is -2.51. The Kier molecular flexibility index (Phi) is 6.55. The van der Waals surface area contributed by atoms with E-state index in [9.17, 15) is 18.8 Å². The van der Waals surface area contributed by atoms with E-state index < -0.39 is 35.4 Å². The molecule has 4 atom stereocenters. The lowest BCUT2D eigenvalue weighted by Gasteiger charge is -2.36. The second-order valence-electron chi connectivity index (χ2n) is 9.27. The molecule has 6 nitrogen and oxygen atoms in total. The highest BCUT2D eigenvalue weighted by Gasteiger charge is 2.52. The number of rotatable bonds is 6. The molecular weight excluding hydrogens is 455 g/mol. The van der Waals surface area contributed by atoms with Gasteiger partial charge in [-0.2, -0.15) is 0 Å². The van der Waals surface area contributed by atoms with Crippen LogP contribution in [0.3, 0.4) is 0 Å². The molecule has 2 bridgehead atoms. The largest absolute Gasteiger partial charge is 0.444 e. The molecule has 3 rings (SSSR count). The molecule has 0 radical (unpaired) electrons. The third kappa shape index (κ3) is 5.02. The molecule has 0 aromatic heterocycles. The zero-order chi connectivity index (χ0) is 22.2. The van der Waals surface area contributed by atoms with Gasteiger partial charge in [-0.05, 0) is 76.1 Å². The first-order valence-corrected chi connectivity index (χ1v) is 11.0. The molecule has 2 fully saturated rings. The SMILES string of the molecule is CC(C)(C)OC(=O)N1[C@@H]2CC[C@@H](C2)[C@H]1C(=O)C[C@@H](Cc1cc(Br)ccc1F)C(N)=O. The number of likely N-dealkylation sites (tertiary alicyclic amines) is 1. The second kappa shape index (κ2) is 8.65. The minimum atomic E-state index is -0.846. The van der Waals surface area contributed by atoms with Gasteiger partial charge in [0.25, 0.3) is 0 Å². The van der Waals surface area contributed by atoms with E-state index >= 15 is 0 Å². The number of piperidine rings is 1. The van der Waals surface area contributed by atoms with Gasteiger partial charge in [-0.1, -0.05) is 15.9 Å². The molecule has 30 heavy (non-hydrogen) atoms. The van der Waals surface area contributed by atoms with Crippen molar-refractivity contribution in [3.8, 4) is 0 Å². The molecule has 1 saturated carbocycles. The summed E-state index contributed by atoms with van der Waals surface area (Å²) in [5.41, 5.74) is 5.19. The van der Waals surface area contributed by atoms with E-state index in [1.807, 2.05) is 0 Å². The van der Waals surface area contributed by atoms with Crippen molar-refractivity contribution in [2.75, 3.05) is 0 Å². The molecule has 1 aromatic rings. The monoisotopic (exact) mass is 482 g/mol. The van der Waals surface area contributed by atoms with E-state index in [1.165, 1.54) is 6.07 Å². The molecule has 164 valence electrons. The van der Waals surface area contributed by atoms with Crippen LogP contribution in [0, 0.1) is 17.7 Å². The van der Waals surface area contributed by atoms with Gasteiger partial charge in [-0.3, -0.25) is 14.5 Å². The van der Waals surface area contributed by atoms with E-state index in [2.05, 4.69) is 15.9 Å². The van der Waals surface area contributed by atoms with Crippen molar-refractivity contribution in [2.45, 2.75) is 70.6 Å². The summed E-state index contributed by atoms with van der Waals surface area (Å²) in [7, 11) is 0. The van der Waals surface area contributed by atoms with Crippen LogP contribution in [0.4, 0.5) is 9.18 Å². The summed E-state index contributed by atoms with van der Waals surface area (Å²) in [5, 5.41) is 0. The average molecular weight is 483 g/mol. The molecule has 8 heteroatoms.